The maximum absolute atomic E-state index is 12.3. The lowest BCUT2D eigenvalue weighted by Crippen LogP contribution is -2.33. The standard InChI is InChI=1S/C13H19N3O4S/c17-16(18)12-6-1-2-7-13(12)21(19,20)15-10-11-5-3-4-8-14-9-11/h1-2,6-7,11,14-15H,3-5,8-10H2. The monoisotopic (exact) mass is 313 g/mol. The van der Waals surface area contributed by atoms with E-state index in [2.05, 4.69) is 10.0 Å². The first-order valence-corrected chi connectivity index (χ1v) is 8.43. The zero-order chi connectivity index (χ0) is 15.3. The Morgan fingerprint density at radius 2 is 2.10 bits per heavy atom. The minimum absolute atomic E-state index is 0.213. The van der Waals surface area contributed by atoms with Gasteiger partial charge in [-0.15, -0.1) is 0 Å². The van der Waals surface area contributed by atoms with E-state index in [1.165, 1.54) is 24.3 Å². The van der Waals surface area contributed by atoms with Crippen LogP contribution in [0.2, 0.25) is 0 Å². The van der Waals surface area contributed by atoms with Crippen molar-refractivity contribution in [1.82, 2.24) is 10.0 Å². The number of para-hydroxylation sites is 1. The van der Waals surface area contributed by atoms with Crippen molar-refractivity contribution in [2.75, 3.05) is 19.6 Å². The molecule has 21 heavy (non-hydrogen) atoms. The third-order valence-corrected chi connectivity index (χ3v) is 5.03. The van der Waals surface area contributed by atoms with Crippen LogP contribution >= 0.6 is 0 Å². The second kappa shape index (κ2) is 6.97. The Balaban J connectivity index is 2.09. The zero-order valence-corrected chi connectivity index (χ0v) is 12.4. The second-order valence-electron chi connectivity index (χ2n) is 5.14. The summed E-state index contributed by atoms with van der Waals surface area (Å²) >= 11 is 0. The number of rotatable bonds is 5. The van der Waals surface area contributed by atoms with E-state index in [9.17, 15) is 18.5 Å². The van der Waals surface area contributed by atoms with E-state index >= 15 is 0 Å². The summed E-state index contributed by atoms with van der Waals surface area (Å²) in [6, 6.07) is 5.38. The Hall–Kier alpha value is -1.51. The van der Waals surface area contributed by atoms with Gasteiger partial charge in [0.25, 0.3) is 5.69 Å². The number of benzene rings is 1. The number of nitro benzene ring substituents is 1. The van der Waals surface area contributed by atoms with Gasteiger partial charge in [-0.1, -0.05) is 18.6 Å². The van der Waals surface area contributed by atoms with Gasteiger partial charge in [0, 0.05) is 12.6 Å². The molecule has 0 radical (unpaired) electrons. The number of hydrogen-bond acceptors (Lipinski definition) is 5. The Morgan fingerprint density at radius 1 is 1.33 bits per heavy atom. The molecule has 2 rings (SSSR count). The molecule has 8 heteroatoms. The smallest absolute Gasteiger partial charge is 0.289 e. The number of nitro groups is 1. The van der Waals surface area contributed by atoms with E-state index in [1.807, 2.05) is 0 Å². The zero-order valence-electron chi connectivity index (χ0n) is 11.6. The molecule has 1 aliphatic rings. The molecule has 0 saturated carbocycles. The van der Waals surface area contributed by atoms with E-state index in [1.54, 1.807) is 0 Å². The summed E-state index contributed by atoms with van der Waals surface area (Å²) in [5.74, 6) is 0.213. The maximum atomic E-state index is 12.3. The highest BCUT2D eigenvalue weighted by atomic mass is 32.2. The van der Waals surface area contributed by atoms with Gasteiger partial charge >= 0.3 is 0 Å². The van der Waals surface area contributed by atoms with Crippen LogP contribution in [-0.4, -0.2) is 33.0 Å². The third-order valence-electron chi connectivity index (χ3n) is 3.56. The SMILES string of the molecule is O=[N+]([O-])c1ccccc1S(=O)(=O)NCC1CCCCNC1. The van der Waals surface area contributed by atoms with Gasteiger partial charge < -0.3 is 5.32 Å². The van der Waals surface area contributed by atoms with Gasteiger partial charge in [0.05, 0.1) is 4.92 Å². The van der Waals surface area contributed by atoms with E-state index in [0.29, 0.717) is 6.54 Å². The number of nitrogens with zero attached hydrogens (tertiary/aromatic N) is 1. The van der Waals surface area contributed by atoms with E-state index in [4.69, 9.17) is 0 Å². The van der Waals surface area contributed by atoms with Gasteiger partial charge in [-0.25, -0.2) is 13.1 Å². The molecule has 1 aliphatic heterocycles. The van der Waals surface area contributed by atoms with Crippen LogP contribution in [-0.2, 0) is 10.0 Å². The molecule has 0 aromatic heterocycles. The summed E-state index contributed by atoms with van der Waals surface area (Å²) in [5.41, 5.74) is -0.399. The molecule has 7 nitrogen and oxygen atoms in total. The van der Waals surface area contributed by atoms with Crippen molar-refractivity contribution >= 4 is 15.7 Å². The first kappa shape index (κ1) is 15.9. The number of sulfonamides is 1. The van der Waals surface area contributed by atoms with Crippen LogP contribution in [0.5, 0.6) is 0 Å². The fraction of sp³-hybridized carbons (Fsp3) is 0.538. The van der Waals surface area contributed by atoms with Crippen molar-refractivity contribution in [2.45, 2.75) is 24.2 Å². The normalized spacial score (nSPS) is 19.9. The molecular formula is C13H19N3O4S. The molecule has 0 spiro atoms. The van der Waals surface area contributed by atoms with Crippen LogP contribution < -0.4 is 10.0 Å². The first-order valence-electron chi connectivity index (χ1n) is 6.94. The predicted octanol–water partition coefficient (Wildman–Crippen LogP) is 1.26. The predicted molar refractivity (Wildman–Crippen MR) is 78.5 cm³/mol. The molecule has 1 heterocycles. The third kappa shape index (κ3) is 4.23. The molecule has 1 atom stereocenters. The molecule has 0 aliphatic carbocycles. The molecule has 1 aromatic carbocycles. The van der Waals surface area contributed by atoms with Crippen LogP contribution in [0.3, 0.4) is 0 Å². The fourth-order valence-corrected chi connectivity index (χ4v) is 3.69. The van der Waals surface area contributed by atoms with E-state index in [0.717, 1.165) is 32.4 Å². The molecule has 1 aromatic rings. The summed E-state index contributed by atoms with van der Waals surface area (Å²) in [7, 11) is -3.87. The van der Waals surface area contributed by atoms with Crippen LogP contribution in [0.1, 0.15) is 19.3 Å². The molecule has 0 amide bonds. The highest BCUT2D eigenvalue weighted by Crippen LogP contribution is 2.23. The van der Waals surface area contributed by atoms with Gasteiger partial charge in [0.1, 0.15) is 0 Å². The Labute approximate surface area is 123 Å². The maximum Gasteiger partial charge on any atom is 0.289 e. The van der Waals surface area contributed by atoms with Crippen molar-refractivity contribution in [1.29, 1.82) is 0 Å². The van der Waals surface area contributed by atoms with Gasteiger partial charge in [-0.05, 0) is 37.9 Å². The minimum Gasteiger partial charge on any atom is -0.316 e. The first-order chi connectivity index (χ1) is 10.0. The fourth-order valence-electron chi connectivity index (χ4n) is 2.41. The van der Waals surface area contributed by atoms with Gasteiger partial charge in [-0.2, -0.15) is 0 Å². The summed E-state index contributed by atoms with van der Waals surface area (Å²) in [5, 5.41) is 14.2. The largest absolute Gasteiger partial charge is 0.316 e. The van der Waals surface area contributed by atoms with E-state index < -0.39 is 20.6 Å². The van der Waals surface area contributed by atoms with Crippen molar-refractivity contribution in [3.05, 3.63) is 34.4 Å². The second-order valence-corrected chi connectivity index (χ2v) is 6.88. The molecule has 2 N–H and O–H groups in total. The molecule has 0 bridgehead atoms. The highest BCUT2D eigenvalue weighted by molar-refractivity contribution is 7.89. The Morgan fingerprint density at radius 3 is 2.86 bits per heavy atom. The lowest BCUT2D eigenvalue weighted by atomic mass is 10.0. The van der Waals surface area contributed by atoms with Crippen molar-refractivity contribution in [3.8, 4) is 0 Å². The van der Waals surface area contributed by atoms with Crippen LogP contribution in [0, 0.1) is 16.0 Å². The van der Waals surface area contributed by atoms with Crippen molar-refractivity contribution in [2.24, 2.45) is 5.92 Å². The Kier molecular flexibility index (Phi) is 5.27. The molecule has 116 valence electrons. The molecular weight excluding hydrogens is 294 g/mol. The van der Waals surface area contributed by atoms with Crippen molar-refractivity contribution in [3.63, 3.8) is 0 Å². The van der Waals surface area contributed by atoms with Crippen molar-refractivity contribution < 1.29 is 13.3 Å². The lowest BCUT2D eigenvalue weighted by molar-refractivity contribution is -0.387. The van der Waals surface area contributed by atoms with Crippen LogP contribution in [0.4, 0.5) is 5.69 Å². The average molecular weight is 313 g/mol. The average Bonchev–Trinajstić information content (AvgIpc) is 2.74. The molecule has 1 unspecified atom stereocenters. The van der Waals surface area contributed by atoms with Crippen LogP contribution in [0.15, 0.2) is 29.2 Å². The lowest BCUT2D eigenvalue weighted by Gasteiger charge is -2.15. The number of hydrogen-bond donors (Lipinski definition) is 2. The van der Waals surface area contributed by atoms with Gasteiger partial charge in [0.15, 0.2) is 4.90 Å². The van der Waals surface area contributed by atoms with E-state index in [-0.39, 0.29) is 10.8 Å². The van der Waals surface area contributed by atoms with Crippen LogP contribution in [0.25, 0.3) is 0 Å². The summed E-state index contributed by atoms with van der Waals surface area (Å²) in [6.45, 7) is 2.01. The molecule has 1 fully saturated rings. The topological polar surface area (TPSA) is 101 Å². The minimum atomic E-state index is -3.87. The quantitative estimate of drug-likeness (QED) is 0.629. The van der Waals surface area contributed by atoms with Gasteiger partial charge in [-0.3, -0.25) is 10.1 Å². The van der Waals surface area contributed by atoms with Gasteiger partial charge in [0.2, 0.25) is 10.0 Å². The summed E-state index contributed by atoms with van der Waals surface area (Å²) in [4.78, 5) is 9.96. The molecule has 1 saturated heterocycles. The summed E-state index contributed by atoms with van der Waals surface area (Å²) in [6.07, 6.45) is 3.10. The highest BCUT2D eigenvalue weighted by Gasteiger charge is 2.25. The number of nitrogens with one attached hydrogen (secondary N) is 2. The Bertz CT molecular complexity index is 595. The summed E-state index contributed by atoms with van der Waals surface area (Å²) < 4.78 is 27.0.